The van der Waals surface area contributed by atoms with E-state index in [4.69, 9.17) is 32.8 Å². The third-order valence-corrected chi connectivity index (χ3v) is 8.50. The molecule has 186 valence electrons. The summed E-state index contributed by atoms with van der Waals surface area (Å²) < 4.78 is 34.9. The molecule has 0 radical (unpaired) electrons. The largest absolute Gasteiger partial charge is 0.489 e. The van der Waals surface area contributed by atoms with Gasteiger partial charge >= 0.3 is 7.12 Å². The number of nitrogens with two attached hydrogens (primary N) is 1. The highest BCUT2D eigenvalue weighted by atomic mass is 35.5. The monoisotopic (exact) mass is 562 g/mol. The number of furan rings is 1. The molecule has 0 amide bonds. The van der Waals surface area contributed by atoms with E-state index in [-0.39, 0.29) is 27.8 Å². The first kappa shape index (κ1) is 25.5. The van der Waals surface area contributed by atoms with Crippen LogP contribution in [-0.2, 0) is 15.8 Å². The number of nitrogens with one attached hydrogen (secondary N) is 1. The molecule has 36 heavy (non-hydrogen) atoms. The maximum absolute atomic E-state index is 13.1. The van der Waals surface area contributed by atoms with Crippen molar-refractivity contribution in [3.05, 3.63) is 75.8 Å². The standard InChI is InChI=1S/C24H21BCl2N2O5S2/c26-16-5-3-14(4-6-16)23-24(35-28)19-11-18(13-1-2-13)15(9-22(19)34-23)12-36(32,33)29-17-7-8-20(25(30)31)21(27)10-17/h3-11,13,29-31H,1-2,12,28H2. The van der Waals surface area contributed by atoms with E-state index in [1.54, 1.807) is 18.2 Å². The fraction of sp³-hybridized carbons (Fsp3) is 0.167. The van der Waals surface area contributed by atoms with Crippen LogP contribution in [0.4, 0.5) is 5.69 Å². The van der Waals surface area contributed by atoms with E-state index in [9.17, 15) is 18.5 Å². The SMILES string of the molecule is NSc1c(-c2ccc(Cl)cc2)oc2cc(CS(=O)(=O)Nc3ccc(B(O)O)c(Cl)c3)c(C3CC3)cc12. The molecular formula is C24H21BCl2N2O5S2. The van der Waals surface area contributed by atoms with Crippen LogP contribution in [0.5, 0.6) is 0 Å². The van der Waals surface area contributed by atoms with Crippen molar-refractivity contribution in [2.24, 2.45) is 5.14 Å². The van der Waals surface area contributed by atoms with Crippen molar-refractivity contribution in [3.63, 3.8) is 0 Å². The Morgan fingerprint density at radius 3 is 2.42 bits per heavy atom. The molecule has 5 rings (SSSR count). The molecule has 1 saturated carbocycles. The molecule has 0 aliphatic heterocycles. The number of halogens is 2. The van der Waals surface area contributed by atoms with Gasteiger partial charge in [0.1, 0.15) is 11.3 Å². The molecule has 1 aliphatic rings. The first-order chi connectivity index (χ1) is 17.1. The van der Waals surface area contributed by atoms with E-state index in [1.165, 1.54) is 18.2 Å². The summed E-state index contributed by atoms with van der Waals surface area (Å²) >= 11 is 13.2. The number of anilines is 1. The maximum atomic E-state index is 13.1. The molecule has 0 unspecified atom stereocenters. The lowest BCUT2D eigenvalue weighted by atomic mass is 9.80. The lowest BCUT2D eigenvalue weighted by Crippen LogP contribution is -2.30. The fourth-order valence-electron chi connectivity index (χ4n) is 4.21. The molecule has 3 aromatic carbocycles. The second kappa shape index (κ2) is 9.94. The molecule has 1 heterocycles. The molecule has 7 nitrogen and oxygen atoms in total. The zero-order chi connectivity index (χ0) is 25.6. The van der Waals surface area contributed by atoms with Gasteiger partial charge in [-0.2, -0.15) is 0 Å². The van der Waals surface area contributed by atoms with Crippen LogP contribution in [0.25, 0.3) is 22.3 Å². The van der Waals surface area contributed by atoms with Gasteiger partial charge in [0.25, 0.3) is 0 Å². The summed E-state index contributed by atoms with van der Waals surface area (Å²) in [6.07, 6.45) is 1.97. The Morgan fingerprint density at radius 1 is 1.08 bits per heavy atom. The molecule has 4 aromatic rings. The third kappa shape index (κ3) is 5.26. The molecule has 1 fully saturated rings. The summed E-state index contributed by atoms with van der Waals surface area (Å²) in [6, 6.07) is 15.1. The van der Waals surface area contributed by atoms with Crippen LogP contribution in [-0.4, -0.2) is 25.6 Å². The normalized spacial score (nSPS) is 13.8. The van der Waals surface area contributed by atoms with E-state index in [2.05, 4.69) is 4.72 Å². The molecule has 0 saturated heterocycles. The van der Waals surface area contributed by atoms with Gasteiger partial charge in [-0.1, -0.05) is 29.3 Å². The average molecular weight is 563 g/mol. The summed E-state index contributed by atoms with van der Waals surface area (Å²) in [6.45, 7) is 0. The second-order valence-corrected chi connectivity index (χ2v) is 11.9. The van der Waals surface area contributed by atoms with Crippen molar-refractivity contribution >= 4 is 74.4 Å². The summed E-state index contributed by atoms with van der Waals surface area (Å²) in [5.41, 5.74) is 3.29. The lowest BCUT2D eigenvalue weighted by Gasteiger charge is -2.13. The van der Waals surface area contributed by atoms with Crippen molar-refractivity contribution < 1.29 is 22.9 Å². The molecule has 1 aromatic heterocycles. The van der Waals surface area contributed by atoms with Crippen LogP contribution in [0.15, 0.2) is 63.9 Å². The van der Waals surface area contributed by atoms with Crippen molar-refractivity contribution in [3.8, 4) is 11.3 Å². The van der Waals surface area contributed by atoms with Gasteiger partial charge in [-0.3, -0.25) is 9.86 Å². The number of sulfonamides is 1. The van der Waals surface area contributed by atoms with Gasteiger partial charge in [-0.05, 0) is 90.4 Å². The number of hydrogen-bond acceptors (Lipinski definition) is 7. The highest BCUT2D eigenvalue weighted by molar-refractivity contribution is 7.97. The topological polar surface area (TPSA) is 126 Å². The van der Waals surface area contributed by atoms with Crippen LogP contribution in [0.3, 0.4) is 0 Å². The van der Waals surface area contributed by atoms with Gasteiger partial charge in [0.05, 0.1) is 10.6 Å². The Hall–Kier alpha value is -2.18. The Kier molecular flexibility index (Phi) is 7.04. The quantitative estimate of drug-likeness (QED) is 0.178. The van der Waals surface area contributed by atoms with Crippen molar-refractivity contribution in [2.75, 3.05) is 4.72 Å². The predicted octanol–water partition coefficient (Wildman–Crippen LogP) is 4.87. The van der Waals surface area contributed by atoms with Crippen LogP contribution in [0.1, 0.15) is 29.9 Å². The zero-order valence-electron chi connectivity index (χ0n) is 18.7. The van der Waals surface area contributed by atoms with E-state index in [0.717, 1.165) is 46.2 Å². The highest BCUT2D eigenvalue weighted by Crippen LogP contribution is 2.46. The summed E-state index contributed by atoms with van der Waals surface area (Å²) in [7, 11) is -5.57. The Bertz CT molecular complexity index is 1560. The van der Waals surface area contributed by atoms with Crippen molar-refractivity contribution in [2.45, 2.75) is 29.4 Å². The highest BCUT2D eigenvalue weighted by Gasteiger charge is 2.30. The summed E-state index contributed by atoms with van der Waals surface area (Å²) in [4.78, 5) is 0.780. The second-order valence-electron chi connectivity index (χ2n) is 8.68. The van der Waals surface area contributed by atoms with Gasteiger partial charge in [0.2, 0.25) is 10.0 Å². The van der Waals surface area contributed by atoms with Crippen LogP contribution in [0, 0.1) is 0 Å². The zero-order valence-corrected chi connectivity index (χ0v) is 21.9. The van der Waals surface area contributed by atoms with Gasteiger partial charge in [0.15, 0.2) is 0 Å². The molecule has 12 heteroatoms. The lowest BCUT2D eigenvalue weighted by molar-refractivity contribution is 0.426. The molecule has 5 N–H and O–H groups in total. The van der Waals surface area contributed by atoms with Crippen LogP contribution >= 0.6 is 35.1 Å². The minimum atomic E-state index is -3.82. The number of rotatable bonds is 8. The van der Waals surface area contributed by atoms with Crippen LogP contribution < -0.4 is 15.3 Å². The first-order valence-corrected chi connectivity index (χ1v) is 14.3. The number of benzene rings is 3. The Balaban J connectivity index is 1.51. The first-order valence-electron chi connectivity index (χ1n) is 11.0. The minimum Gasteiger partial charge on any atom is -0.455 e. The van der Waals surface area contributed by atoms with Gasteiger partial charge in [-0.15, -0.1) is 0 Å². The number of hydrogen-bond donors (Lipinski definition) is 4. The van der Waals surface area contributed by atoms with Crippen LogP contribution in [0.2, 0.25) is 10.0 Å². The van der Waals surface area contributed by atoms with Gasteiger partial charge in [-0.25, -0.2) is 8.42 Å². The van der Waals surface area contributed by atoms with Gasteiger partial charge < -0.3 is 14.5 Å². The summed E-state index contributed by atoms with van der Waals surface area (Å²) in [5, 5.41) is 26.2. The van der Waals surface area contributed by atoms with E-state index < -0.39 is 17.1 Å². The summed E-state index contributed by atoms with van der Waals surface area (Å²) in [5.74, 6) is 0.623. The molecule has 0 atom stereocenters. The predicted molar refractivity (Wildman–Crippen MR) is 146 cm³/mol. The molecule has 0 bridgehead atoms. The van der Waals surface area contributed by atoms with E-state index >= 15 is 0 Å². The Labute approximate surface area is 222 Å². The third-order valence-electron chi connectivity index (χ3n) is 6.04. The fourth-order valence-corrected chi connectivity index (χ4v) is 6.38. The van der Waals surface area contributed by atoms with E-state index in [1.807, 2.05) is 18.2 Å². The molecular weight excluding hydrogens is 542 g/mol. The Morgan fingerprint density at radius 2 is 1.81 bits per heavy atom. The average Bonchev–Trinajstić information content (AvgIpc) is 3.59. The molecule has 0 spiro atoms. The van der Waals surface area contributed by atoms with Crippen molar-refractivity contribution in [1.82, 2.24) is 0 Å². The number of fused-ring (bicyclic) bond motifs is 1. The minimum absolute atomic E-state index is 0.0439. The van der Waals surface area contributed by atoms with E-state index in [0.29, 0.717) is 21.9 Å². The van der Waals surface area contributed by atoms with Crippen molar-refractivity contribution in [1.29, 1.82) is 0 Å². The van der Waals surface area contributed by atoms with Gasteiger partial charge in [0, 0.05) is 32.1 Å². The maximum Gasteiger partial charge on any atom is 0.489 e. The smallest absolute Gasteiger partial charge is 0.455 e. The molecule has 1 aliphatic carbocycles.